The Kier molecular flexibility index (Phi) is 7.14. The van der Waals surface area contributed by atoms with Crippen LogP contribution in [0, 0.1) is 0 Å². The maximum Gasteiger partial charge on any atom is -0.00302 e. The number of hydrogen-bond donors (Lipinski definition) is 0. The minimum Gasteiger partial charge on any atom is -0.0887 e. The highest BCUT2D eigenvalue weighted by molar-refractivity contribution is 7.93. The lowest BCUT2D eigenvalue weighted by atomic mass is 9.86. The third-order valence-electron chi connectivity index (χ3n) is 10.5. The first-order valence-corrected chi connectivity index (χ1v) is 19.1. The van der Waals surface area contributed by atoms with Crippen LogP contribution in [0.1, 0.15) is 35.1 Å². The smallest absolute Gasteiger partial charge is 0.00302 e. The molecule has 0 nitrogen and oxygen atoms in total. The van der Waals surface area contributed by atoms with Crippen molar-refractivity contribution >= 4 is 62.8 Å². The van der Waals surface area contributed by atoms with Crippen LogP contribution < -0.4 is 15.9 Å². The van der Waals surface area contributed by atoms with Gasteiger partial charge in [-0.25, -0.2) is 0 Å². The summed E-state index contributed by atoms with van der Waals surface area (Å²) in [5.74, 6) is 0. The zero-order valence-electron chi connectivity index (χ0n) is 27.1. The van der Waals surface area contributed by atoms with Crippen molar-refractivity contribution in [1.82, 2.24) is 0 Å². The zero-order valence-corrected chi connectivity index (χ0v) is 28.0. The maximum absolute atomic E-state index is 5.11. The van der Waals surface area contributed by atoms with Gasteiger partial charge in [0.05, 0.1) is 0 Å². The number of rotatable bonds is 5. The van der Waals surface area contributed by atoms with Gasteiger partial charge in [0.1, 0.15) is 0 Å². The maximum atomic E-state index is 5.11. The largest absolute Gasteiger partial charge is 0.0887 e. The van der Waals surface area contributed by atoms with E-state index >= 15 is 0 Å². The average Bonchev–Trinajstić information content (AvgIpc) is 3.16. The Morgan fingerprint density at radius 3 is 1.33 bits per heavy atom. The van der Waals surface area contributed by atoms with Gasteiger partial charge in [-0.1, -0.05) is 170 Å². The molecule has 230 valence electrons. The van der Waals surface area contributed by atoms with Crippen molar-refractivity contribution in [3.8, 4) is 22.3 Å². The molecule has 7 aromatic carbocycles. The molecule has 0 saturated carbocycles. The molecule has 9 rings (SSSR count). The topological polar surface area (TPSA) is 0 Å². The van der Waals surface area contributed by atoms with Gasteiger partial charge in [0.2, 0.25) is 0 Å². The molecule has 0 unspecified atom stereocenters. The number of fused-ring (bicyclic) bond motifs is 4. The average molecular weight is 633 g/mol. The quantitative estimate of drug-likeness (QED) is 0.166. The van der Waals surface area contributed by atoms with E-state index in [-0.39, 0.29) is 0 Å². The minimum absolute atomic E-state index is 1.09. The van der Waals surface area contributed by atoms with Gasteiger partial charge in [-0.15, -0.1) is 0 Å². The van der Waals surface area contributed by atoms with Gasteiger partial charge in [0.25, 0.3) is 0 Å². The Labute approximate surface area is 283 Å². The van der Waals surface area contributed by atoms with Crippen molar-refractivity contribution in [1.29, 1.82) is 0 Å². The zero-order chi connectivity index (χ0) is 32.1. The third-order valence-corrected chi connectivity index (χ3v) is 14.0. The fraction of sp³-hybridized carbons (Fsp3) is 0.0851. The van der Waals surface area contributed by atoms with Crippen molar-refractivity contribution in [3.63, 3.8) is 0 Å². The second-order valence-electron chi connectivity index (χ2n) is 13.2. The Balaban J connectivity index is 1.17. The molecule has 0 aliphatic heterocycles. The van der Waals surface area contributed by atoms with Crippen LogP contribution in [0.4, 0.5) is 0 Å². The molecule has 0 spiro atoms. The minimum atomic E-state index is -2.17. The van der Waals surface area contributed by atoms with Crippen molar-refractivity contribution < 1.29 is 0 Å². The van der Waals surface area contributed by atoms with Gasteiger partial charge in [0.15, 0.2) is 0 Å². The van der Waals surface area contributed by atoms with Gasteiger partial charge < -0.3 is 0 Å². The Morgan fingerprint density at radius 1 is 0.438 bits per heavy atom. The Bertz CT molecular complexity index is 2290. The van der Waals surface area contributed by atoms with Crippen molar-refractivity contribution in [3.05, 3.63) is 174 Å². The van der Waals surface area contributed by atoms with Gasteiger partial charge in [-0.05, 0) is 115 Å². The molecule has 48 heavy (non-hydrogen) atoms. The second-order valence-corrected chi connectivity index (χ2v) is 16.4. The molecule has 0 amide bonds. The van der Waals surface area contributed by atoms with E-state index in [4.69, 9.17) is 6.30 Å². The Hall–Kier alpha value is -5.16. The lowest BCUT2D eigenvalue weighted by molar-refractivity contribution is 0.989. The molecule has 0 heterocycles. The van der Waals surface area contributed by atoms with Crippen LogP contribution in [-0.2, 0) is 12.8 Å². The monoisotopic (exact) mass is 632 g/mol. The second kappa shape index (κ2) is 11.8. The van der Waals surface area contributed by atoms with E-state index < -0.39 is 6.89 Å². The number of hydrogen-bond acceptors (Lipinski definition) is 0. The summed E-state index contributed by atoms with van der Waals surface area (Å²) in [6.45, 7) is -2.17. The summed E-state index contributed by atoms with van der Waals surface area (Å²) in [5, 5.41) is 9.14. The van der Waals surface area contributed by atoms with E-state index in [9.17, 15) is 0 Å². The summed E-state index contributed by atoms with van der Waals surface area (Å²) in [4.78, 5) is 0. The predicted molar refractivity (Wildman–Crippen MR) is 213 cm³/mol. The van der Waals surface area contributed by atoms with Crippen molar-refractivity contribution in [2.75, 3.05) is 0 Å². The molecule has 0 radical (unpaired) electrons. The molecule has 0 N–H and O–H groups in total. The third kappa shape index (κ3) is 4.75. The van der Waals surface area contributed by atoms with Gasteiger partial charge in [-0.3, -0.25) is 0 Å². The summed E-state index contributed by atoms with van der Waals surface area (Å²) in [5.41, 5.74) is 10.8. The van der Waals surface area contributed by atoms with Crippen LogP contribution in [-0.4, -0.2) is 6.30 Å². The molecule has 0 saturated heterocycles. The molecule has 2 aliphatic carbocycles. The van der Waals surface area contributed by atoms with E-state index in [1.807, 2.05) is 0 Å². The lowest BCUT2D eigenvalue weighted by Crippen LogP contribution is -2.25. The SMILES string of the molecule is C=P(c1ccccc1)(c1ccc(-c2c3c(cc4ccccc24)CCC=C3)cc1)c1ccc(-c2c3c(cc4ccccc24)CCC=C3)cc1. The van der Waals surface area contributed by atoms with Crippen LogP contribution in [0.15, 0.2) is 152 Å². The predicted octanol–water partition coefficient (Wildman–Crippen LogP) is 11.0. The number of aryl methyl sites for hydroxylation is 2. The molecule has 1 heteroatoms. The molecule has 7 aromatic rings. The van der Waals surface area contributed by atoms with Crippen molar-refractivity contribution in [2.24, 2.45) is 0 Å². The summed E-state index contributed by atoms with van der Waals surface area (Å²) < 4.78 is 0. The standard InChI is InChI=1S/C47H37P/c1-48(39-17-3-2-4-18-39,40-27-23-33(24-28-40)46-42-19-9-5-13-35(42)31-36-14-6-10-20-43(36)46)41-29-25-34(26-30-41)47-44-21-11-7-15-37(44)32-38-16-8-12-22-45(38)47/h2-5,7,9-13,15,17-32H,1,6,8,14,16H2. The fourth-order valence-electron chi connectivity index (χ4n) is 8.03. The van der Waals surface area contributed by atoms with Crippen LogP contribution in [0.2, 0.25) is 0 Å². The number of allylic oxidation sites excluding steroid dienone is 2. The highest BCUT2D eigenvalue weighted by Gasteiger charge is 2.24. The van der Waals surface area contributed by atoms with E-state index in [0.717, 1.165) is 25.7 Å². The fourth-order valence-corrected chi connectivity index (χ4v) is 10.9. The van der Waals surface area contributed by atoms with Gasteiger partial charge in [-0.2, -0.15) is 0 Å². The summed E-state index contributed by atoms with van der Waals surface area (Å²) in [6.07, 6.45) is 18.8. The normalized spacial score (nSPS) is 13.8. The lowest BCUT2D eigenvalue weighted by Gasteiger charge is -2.27. The first kappa shape index (κ1) is 29.0. The highest BCUT2D eigenvalue weighted by atomic mass is 31.2. The van der Waals surface area contributed by atoms with Crippen LogP contribution >= 0.6 is 6.89 Å². The van der Waals surface area contributed by atoms with E-state index in [0.29, 0.717) is 0 Å². The number of benzene rings is 7. The first-order chi connectivity index (χ1) is 23.7. The van der Waals surface area contributed by atoms with Gasteiger partial charge in [0, 0.05) is 0 Å². The first-order valence-electron chi connectivity index (χ1n) is 17.1. The van der Waals surface area contributed by atoms with Crippen LogP contribution in [0.25, 0.3) is 56.0 Å². The molecular formula is C47H37P. The van der Waals surface area contributed by atoms with Crippen molar-refractivity contribution in [2.45, 2.75) is 25.7 Å². The summed E-state index contributed by atoms with van der Waals surface area (Å²) >= 11 is 0. The molecule has 2 aliphatic rings. The van der Waals surface area contributed by atoms with E-state index in [1.54, 1.807) is 0 Å². The molecule has 0 fully saturated rings. The molecule has 0 atom stereocenters. The molecular weight excluding hydrogens is 595 g/mol. The summed E-state index contributed by atoms with van der Waals surface area (Å²) in [6, 6.07) is 52.2. The van der Waals surface area contributed by atoms with E-state index in [1.165, 1.54) is 82.0 Å². The van der Waals surface area contributed by atoms with Gasteiger partial charge >= 0.3 is 0 Å². The molecule has 0 bridgehead atoms. The molecule has 0 aromatic heterocycles. The van der Waals surface area contributed by atoms with Crippen LogP contribution in [0.3, 0.4) is 0 Å². The highest BCUT2D eigenvalue weighted by Crippen LogP contribution is 2.45. The van der Waals surface area contributed by atoms with Crippen LogP contribution in [0.5, 0.6) is 0 Å². The Morgan fingerprint density at radius 2 is 0.854 bits per heavy atom. The summed E-state index contributed by atoms with van der Waals surface area (Å²) in [7, 11) is 0. The van der Waals surface area contributed by atoms with E-state index in [2.05, 4.69) is 164 Å².